The van der Waals surface area contributed by atoms with E-state index in [1.54, 1.807) is 0 Å². The Morgan fingerprint density at radius 1 is 1.00 bits per heavy atom. The number of amides is 2. The number of rotatable bonds is 11. The molecular weight excluding hydrogens is 612 g/mol. The molecule has 0 aromatic heterocycles. The molecule has 1 aromatic rings. The van der Waals surface area contributed by atoms with Crippen LogP contribution in [0.2, 0.25) is 0 Å². The third-order valence-corrected chi connectivity index (χ3v) is 13.2. The fourth-order valence-electron chi connectivity index (χ4n) is 10.9. The largest absolute Gasteiger partial charge is 0.507 e. The van der Waals surface area contributed by atoms with Gasteiger partial charge in [-0.2, -0.15) is 0 Å². The normalized spacial score (nSPS) is 35.3. The highest BCUT2D eigenvalue weighted by Gasteiger charge is 2.64. The summed E-state index contributed by atoms with van der Waals surface area (Å²) in [5, 5.41) is 45.2. The zero-order valence-corrected chi connectivity index (χ0v) is 29.1. The predicted octanol–water partition coefficient (Wildman–Crippen LogP) is 5.95. The fourth-order valence-corrected chi connectivity index (χ4v) is 10.9. The first-order valence-corrected chi connectivity index (χ1v) is 17.9. The van der Waals surface area contributed by atoms with Gasteiger partial charge in [0.15, 0.2) is 5.75 Å². The maximum absolute atomic E-state index is 13.3. The van der Waals surface area contributed by atoms with Gasteiger partial charge in [0.25, 0.3) is 5.91 Å². The van der Waals surface area contributed by atoms with Crippen molar-refractivity contribution in [2.45, 2.75) is 129 Å². The van der Waals surface area contributed by atoms with Gasteiger partial charge in [-0.25, -0.2) is 0 Å². The highest BCUT2D eigenvalue weighted by molar-refractivity contribution is 6.02. The van der Waals surface area contributed by atoms with Gasteiger partial charge >= 0.3 is 5.97 Å². The molecule has 4 saturated carbocycles. The highest BCUT2D eigenvalue weighted by atomic mass is 16.5. The molecule has 48 heavy (non-hydrogen) atoms. The van der Waals surface area contributed by atoms with Crippen LogP contribution in [0.3, 0.4) is 0 Å². The SMILES string of the molecule is C=C(C)CCC[C@](C)(O)C1CCC2C3C[C@H](OC(=O)CCC(=O)Nc4ccc(O)c(C(N)=O)c4O)[C@H]4C[C@@H](O)CC[C@]4(C)C3CC[C@@]21C. The molecule has 2 amide bonds. The van der Waals surface area contributed by atoms with Crippen molar-refractivity contribution in [2.75, 3.05) is 5.32 Å². The number of fused-ring (bicyclic) bond motifs is 5. The Labute approximate surface area is 284 Å². The van der Waals surface area contributed by atoms with E-state index in [0.717, 1.165) is 75.8 Å². The standard InChI is InChI=1S/C38H56N2O8/c1-21(2)7-6-16-38(5,47)30-11-8-24-23-20-29(26-19-22(41)14-17-36(26,3)25(23)15-18-37(24,30)4)48-32(44)13-12-31(43)40-27-9-10-28(42)33(34(27)45)35(39)46/h9-10,22-26,29-30,41-42,45,47H,1,6-8,11-20H2,2-5H3,(H2,39,46)(H,40,43)/t22-,23?,24?,25?,26+,29-,30?,36+,37-,38-/m0/s1. The van der Waals surface area contributed by atoms with Crippen LogP contribution in [0.4, 0.5) is 5.69 Å². The molecule has 0 aliphatic heterocycles. The average molecular weight is 669 g/mol. The predicted molar refractivity (Wildman–Crippen MR) is 182 cm³/mol. The lowest BCUT2D eigenvalue weighted by Gasteiger charge is -2.63. The summed E-state index contributed by atoms with van der Waals surface area (Å²) in [4.78, 5) is 37.7. The Kier molecular flexibility index (Phi) is 10.3. The molecule has 1 aromatic carbocycles. The van der Waals surface area contributed by atoms with Crippen molar-refractivity contribution in [3.05, 3.63) is 29.8 Å². The minimum absolute atomic E-state index is 0.00786. The Morgan fingerprint density at radius 3 is 2.38 bits per heavy atom. The molecule has 5 rings (SSSR count). The number of carbonyl (C=O) groups excluding carboxylic acids is 3. The maximum Gasteiger partial charge on any atom is 0.306 e. The van der Waals surface area contributed by atoms with E-state index in [1.165, 1.54) is 6.07 Å². The van der Waals surface area contributed by atoms with Crippen molar-refractivity contribution in [1.82, 2.24) is 0 Å². The number of nitrogens with two attached hydrogens (primary N) is 1. The van der Waals surface area contributed by atoms with Gasteiger partial charge in [0.05, 0.1) is 23.8 Å². The zero-order valence-electron chi connectivity index (χ0n) is 29.1. The van der Waals surface area contributed by atoms with E-state index in [2.05, 4.69) is 25.7 Å². The molecule has 10 heteroatoms. The van der Waals surface area contributed by atoms with Gasteiger partial charge in [0.2, 0.25) is 5.91 Å². The summed E-state index contributed by atoms with van der Waals surface area (Å²) in [5.41, 5.74) is 4.92. The van der Waals surface area contributed by atoms with Gasteiger partial charge in [-0.15, -0.1) is 6.58 Å². The quantitative estimate of drug-likeness (QED) is 0.0724. The molecule has 0 bridgehead atoms. The molecule has 10 nitrogen and oxygen atoms in total. The first kappa shape index (κ1) is 36.2. The number of phenols is 2. The van der Waals surface area contributed by atoms with Gasteiger partial charge < -0.3 is 36.2 Å². The van der Waals surface area contributed by atoms with Crippen LogP contribution in [0.1, 0.15) is 122 Å². The number of aromatic hydroxyl groups is 2. The van der Waals surface area contributed by atoms with Crippen LogP contribution in [-0.4, -0.2) is 56.0 Å². The molecule has 0 radical (unpaired) electrons. The lowest BCUT2D eigenvalue weighted by molar-refractivity contribution is -0.197. The Bertz CT molecular complexity index is 1430. The van der Waals surface area contributed by atoms with Crippen molar-refractivity contribution in [1.29, 1.82) is 0 Å². The van der Waals surface area contributed by atoms with Crippen molar-refractivity contribution < 1.29 is 39.5 Å². The summed E-state index contributed by atoms with van der Waals surface area (Å²) in [5.74, 6) is -1.83. The smallest absolute Gasteiger partial charge is 0.306 e. The topological polar surface area (TPSA) is 179 Å². The van der Waals surface area contributed by atoms with Crippen LogP contribution in [0, 0.1) is 40.4 Å². The maximum atomic E-state index is 13.3. The summed E-state index contributed by atoms with van der Waals surface area (Å²) >= 11 is 0. The average Bonchev–Trinajstić information content (AvgIpc) is 3.36. The van der Waals surface area contributed by atoms with Crippen molar-refractivity contribution >= 4 is 23.5 Å². The molecule has 4 aliphatic rings. The van der Waals surface area contributed by atoms with Gasteiger partial charge in [-0.3, -0.25) is 14.4 Å². The van der Waals surface area contributed by atoms with E-state index in [4.69, 9.17) is 10.5 Å². The van der Waals surface area contributed by atoms with Crippen LogP contribution in [0.15, 0.2) is 24.3 Å². The van der Waals surface area contributed by atoms with E-state index in [0.29, 0.717) is 24.2 Å². The minimum Gasteiger partial charge on any atom is -0.507 e. The number of nitrogens with one attached hydrogen (secondary N) is 1. The van der Waals surface area contributed by atoms with Crippen LogP contribution in [0.5, 0.6) is 11.5 Å². The van der Waals surface area contributed by atoms with Crippen molar-refractivity contribution in [3.8, 4) is 11.5 Å². The number of aliphatic hydroxyl groups is 2. The molecule has 4 unspecified atom stereocenters. The van der Waals surface area contributed by atoms with E-state index in [9.17, 15) is 34.8 Å². The van der Waals surface area contributed by atoms with Crippen molar-refractivity contribution in [3.63, 3.8) is 0 Å². The highest BCUT2D eigenvalue weighted by Crippen LogP contribution is 2.69. The molecule has 4 aliphatic carbocycles. The first-order valence-electron chi connectivity index (χ1n) is 17.9. The number of hydrogen-bond acceptors (Lipinski definition) is 8. The lowest BCUT2D eigenvalue weighted by Crippen LogP contribution is -2.59. The second-order valence-electron chi connectivity index (χ2n) is 16.3. The minimum atomic E-state index is -1.05. The Morgan fingerprint density at radius 2 is 1.69 bits per heavy atom. The first-order chi connectivity index (χ1) is 22.5. The lowest BCUT2D eigenvalue weighted by atomic mass is 9.43. The number of aliphatic hydroxyl groups excluding tert-OH is 1. The fraction of sp³-hybridized carbons (Fsp3) is 0.711. The summed E-state index contributed by atoms with van der Waals surface area (Å²) in [6.45, 7) is 12.8. The van der Waals surface area contributed by atoms with Crippen LogP contribution in [0.25, 0.3) is 0 Å². The number of carbonyl (C=O) groups is 3. The summed E-state index contributed by atoms with van der Waals surface area (Å²) < 4.78 is 6.23. The Hall–Kier alpha value is -3.11. The third-order valence-electron chi connectivity index (χ3n) is 13.2. The Balaban J connectivity index is 1.28. The van der Waals surface area contributed by atoms with Crippen LogP contribution >= 0.6 is 0 Å². The van der Waals surface area contributed by atoms with Gasteiger partial charge in [0.1, 0.15) is 17.4 Å². The number of anilines is 1. The summed E-state index contributed by atoms with van der Waals surface area (Å²) in [6, 6.07) is 2.39. The van der Waals surface area contributed by atoms with Crippen molar-refractivity contribution in [2.24, 2.45) is 46.2 Å². The molecule has 266 valence electrons. The number of esters is 1. The molecule has 7 N–H and O–H groups in total. The number of ether oxygens (including phenoxy) is 1. The summed E-state index contributed by atoms with van der Waals surface area (Å²) in [6.07, 6.45) is 8.49. The molecular formula is C38H56N2O8. The zero-order chi connectivity index (χ0) is 35.2. The second kappa shape index (κ2) is 13.7. The number of benzene rings is 1. The molecule has 10 atom stereocenters. The second-order valence-corrected chi connectivity index (χ2v) is 16.3. The summed E-state index contributed by atoms with van der Waals surface area (Å²) in [7, 11) is 0. The van der Waals surface area contributed by atoms with Crippen LogP contribution in [-0.2, 0) is 14.3 Å². The molecule has 0 saturated heterocycles. The third kappa shape index (κ3) is 6.84. The van der Waals surface area contributed by atoms with E-state index >= 15 is 0 Å². The van der Waals surface area contributed by atoms with E-state index in [1.807, 2.05) is 13.8 Å². The molecule has 4 fully saturated rings. The molecule has 0 spiro atoms. The van der Waals surface area contributed by atoms with Gasteiger partial charge in [-0.1, -0.05) is 19.4 Å². The van der Waals surface area contributed by atoms with Crippen LogP contribution < -0.4 is 11.1 Å². The number of hydrogen-bond donors (Lipinski definition) is 6. The van der Waals surface area contributed by atoms with Gasteiger partial charge in [0, 0.05) is 12.3 Å². The van der Waals surface area contributed by atoms with E-state index < -0.39 is 46.6 Å². The number of primary amides is 1. The van der Waals surface area contributed by atoms with E-state index in [-0.39, 0.29) is 47.3 Å². The monoisotopic (exact) mass is 668 g/mol. The molecule has 0 heterocycles. The van der Waals surface area contributed by atoms with Gasteiger partial charge in [-0.05, 0) is 131 Å². The number of allylic oxidation sites excluding steroid dienone is 1.